The lowest BCUT2D eigenvalue weighted by molar-refractivity contribution is 0.00578. The molecule has 7 heteroatoms. The highest BCUT2D eigenvalue weighted by atomic mass is 19.1. The van der Waals surface area contributed by atoms with Crippen LogP contribution in [0.1, 0.15) is 27.7 Å². The molecule has 0 bridgehead atoms. The summed E-state index contributed by atoms with van der Waals surface area (Å²) in [5, 5.41) is 0. The van der Waals surface area contributed by atoms with E-state index in [9.17, 15) is 0 Å². The highest BCUT2D eigenvalue weighted by molar-refractivity contribution is 6.62. The summed E-state index contributed by atoms with van der Waals surface area (Å²) >= 11 is 0. The Morgan fingerprint density at radius 3 is 1.73 bits per heavy atom. The molecule has 1 aliphatic heterocycles. The summed E-state index contributed by atoms with van der Waals surface area (Å²) in [5.41, 5.74) is 3.67. The minimum atomic E-state index is -0.637. The molecule has 0 atom stereocenters. The molecular weight excluding hydrogens is 500 g/mol. The average molecular weight is 529 g/mol. The molecule has 0 aliphatic carbocycles. The van der Waals surface area contributed by atoms with Gasteiger partial charge in [0.05, 0.1) is 16.8 Å². The Morgan fingerprint density at radius 1 is 0.550 bits per heavy atom. The zero-order valence-electron chi connectivity index (χ0n) is 22.9. The lowest BCUT2D eigenvalue weighted by Gasteiger charge is -2.32. The van der Waals surface area contributed by atoms with Gasteiger partial charge in [-0.1, -0.05) is 84.9 Å². The number of rotatable bonds is 5. The molecule has 0 radical (unpaired) electrons. The smallest absolute Gasteiger partial charge is 0.399 e. The van der Waals surface area contributed by atoms with E-state index < -0.39 is 24.1 Å². The third kappa shape index (κ3) is 4.94. The van der Waals surface area contributed by atoms with Gasteiger partial charge in [-0.2, -0.15) is 0 Å². The van der Waals surface area contributed by atoms with E-state index in [4.69, 9.17) is 24.3 Å². The van der Waals surface area contributed by atoms with E-state index in [1.54, 1.807) is 12.1 Å². The second-order valence-corrected chi connectivity index (χ2v) is 10.9. The molecule has 0 amide bonds. The van der Waals surface area contributed by atoms with Gasteiger partial charge in [0.1, 0.15) is 5.82 Å². The van der Waals surface area contributed by atoms with Crippen LogP contribution in [0.5, 0.6) is 0 Å². The average Bonchev–Trinajstić information content (AvgIpc) is 3.20. The van der Waals surface area contributed by atoms with E-state index in [1.807, 2.05) is 100 Å². The van der Waals surface area contributed by atoms with Gasteiger partial charge in [0.2, 0.25) is 0 Å². The van der Waals surface area contributed by atoms with Crippen LogP contribution in [-0.2, 0) is 9.31 Å². The maximum Gasteiger partial charge on any atom is 0.494 e. The maximum absolute atomic E-state index is 15.4. The Hall–Kier alpha value is -4.20. The predicted octanol–water partition coefficient (Wildman–Crippen LogP) is 6.98. The molecule has 0 saturated carbocycles. The van der Waals surface area contributed by atoms with Gasteiger partial charge in [0, 0.05) is 11.1 Å². The van der Waals surface area contributed by atoms with Crippen molar-refractivity contribution in [1.29, 1.82) is 0 Å². The second-order valence-electron chi connectivity index (χ2n) is 10.9. The first kappa shape index (κ1) is 26.0. The fraction of sp³-hybridized carbons (Fsp3) is 0.182. The topological polar surface area (TPSA) is 57.1 Å². The van der Waals surface area contributed by atoms with Crippen molar-refractivity contribution >= 4 is 12.6 Å². The standard InChI is InChI=1S/C33H29BFN3O2/c1-32(2)33(3,4)40-34(39-32)26-18-19-28(35)27(21-26)31-37-29(23-14-9-6-10-15-23)36-30(38-31)25-17-11-16-24(20-25)22-12-7-5-8-13-22/h5-21H,1-4H3. The minimum absolute atomic E-state index is 0.241. The summed E-state index contributed by atoms with van der Waals surface area (Å²) in [7, 11) is -0.637. The largest absolute Gasteiger partial charge is 0.494 e. The lowest BCUT2D eigenvalue weighted by atomic mass is 9.78. The molecule has 0 unspecified atom stereocenters. The van der Waals surface area contributed by atoms with Gasteiger partial charge < -0.3 is 9.31 Å². The highest BCUT2D eigenvalue weighted by Gasteiger charge is 2.51. The Labute approximate surface area is 234 Å². The van der Waals surface area contributed by atoms with Gasteiger partial charge in [0.15, 0.2) is 17.5 Å². The third-order valence-electron chi connectivity index (χ3n) is 7.65. The van der Waals surface area contributed by atoms with E-state index in [2.05, 4.69) is 12.1 Å². The molecule has 0 spiro atoms. The Bertz CT molecular complexity index is 1660. The van der Waals surface area contributed by atoms with Crippen molar-refractivity contribution in [1.82, 2.24) is 15.0 Å². The van der Waals surface area contributed by atoms with Crippen LogP contribution in [0.3, 0.4) is 0 Å². The summed E-state index contributed by atoms with van der Waals surface area (Å²) in [6, 6.07) is 32.6. The van der Waals surface area contributed by atoms with Gasteiger partial charge >= 0.3 is 7.12 Å². The first-order valence-corrected chi connectivity index (χ1v) is 13.3. The van der Waals surface area contributed by atoms with Crippen LogP contribution in [0.15, 0.2) is 103 Å². The normalized spacial score (nSPS) is 15.8. The Kier molecular flexibility index (Phi) is 6.57. The van der Waals surface area contributed by atoms with Crippen LogP contribution in [0.25, 0.3) is 45.3 Å². The zero-order valence-corrected chi connectivity index (χ0v) is 22.9. The van der Waals surface area contributed by atoms with E-state index in [0.29, 0.717) is 17.1 Å². The fourth-order valence-electron chi connectivity index (χ4n) is 4.65. The van der Waals surface area contributed by atoms with E-state index >= 15 is 4.39 Å². The van der Waals surface area contributed by atoms with Gasteiger partial charge in [-0.15, -0.1) is 0 Å². The van der Waals surface area contributed by atoms with E-state index in [0.717, 1.165) is 22.3 Å². The number of hydrogen-bond acceptors (Lipinski definition) is 5. The van der Waals surface area contributed by atoms with E-state index in [-0.39, 0.29) is 11.4 Å². The first-order chi connectivity index (χ1) is 19.2. The molecule has 0 N–H and O–H groups in total. The van der Waals surface area contributed by atoms with Crippen molar-refractivity contribution in [3.63, 3.8) is 0 Å². The summed E-state index contributed by atoms with van der Waals surface area (Å²) in [6.45, 7) is 7.97. The van der Waals surface area contributed by atoms with Gasteiger partial charge in [-0.05, 0) is 62.5 Å². The zero-order chi connectivity index (χ0) is 27.9. The molecule has 40 heavy (non-hydrogen) atoms. The van der Waals surface area contributed by atoms with Crippen LogP contribution in [0, 0.1) is 5.82 Å². The molecule has 1 aliphatic rings. The van der Waals surface area contributed by atoms with Crippen molar-refractivity contribution in [3.8, 4) is 45.3 Å². The van der Waals surface area contributed by atoms with Crippen molar-refractivity contribution in [2.45, 2.75) is 38.9 Å². The molecule has 5 aromatic rings. The summed E-state index contributed by atoms with van der Waals surface area (Å²) in [4.78, 5) is 14.3. The Morgan fingerprint density at radius 2 is 1.07 bits per heavy atom. The predicted molar refractivity (Wildman–Crippen MR) is 157 cm³/mol. The van der Waals surface area contributed by atoms with Gasteiger partial charge in [0.25, 0.3) is 0 Å². The molecule has 2 heterocycles. The highest BCUT2D eigenvalue weighted by Crippen LogP contribution is 2.37. The van der Waals surface area contributed by atoms with Crippen LogP contribution >= 0.6 is 0 Å². The quantitative estimate of drug-likeness (QED) is 0.230. The molecular formula is C33H29BFN3O2. The van der Waals surface area contributed by atoms with Crippen molar-refractivity contribution in [2.24, 2.45) is 0 Å². The Balaban J connectivity index is 1.47. The molecule has 198 valence electrons. The van der Waals surface area contributed by atoms with Crippen molar-refractivity contribution in [2.75, 3.05) is 0 Å². The summed E-state index contributed by atoms with van der Waals surface area (Å²) < 4.78 is 27.9. The minimum Gasteiger partial charge on any atom is -0.399 e. The van der Waals surface area contributed by atoms with Crippen LogP contribution < -0.4 is 5.46 Å². The van der Waals surface area contributed by atoms with Crippen molar-refractivity contribution < 1.29 is 13.7 Å². The maximum atomic E-state index is 15.4. The molecule has 5 nitrogen and oxygen atoms in total. The number of aromatic nitrogens is 3. The van der Waals surface area contributed by atoms with Crippen LogP contribution in [-0.4, -0.2) is 33.3 Å². The number of benzene rings is 4. The van der Waals surface area contributed by atoms with Crippen LogP contribution in [0.2, 0.25) is 0 Å². The number of halogens is 1. The molecule has 1 fully saturated rings. The summed E-state index contributed by atoms with van der Waals surface area (Å²) in [6.07, 6.45) is 0. The third-order valence-corrected chi connectivity index (χ3v) is 7.65. The lowest BCUT2D eigenvalue weighted by Crippen LogP contribution is -2.41. The molecule has 4 aromatic carbocycles. The van der Waals surface area contributed by atoms with Crippen molar-refractivity contribution in [3.05, 3.63) is 109 Å². The summed E-state index contributed by atoms with van der Waals surface area (Å²) in [5.74, 6) is 0.729. The number of nitrogens with zero attached hydrogens (tertiary/aromatic N) is 3. The molecule has 6 rings (SSSR count). The van der Waals surface area contributed by atoms with Gasteiger partial charge in [-0.3, -0.25) is 0 Å². The van der Waals surface area contributed by atoms with Crippen LogP contribution in [0.4, 0.5) is 4.39 Å². The van der Waals surface area contributed by atoms with E-state index in [1.165, 1.54) is 6.07 Å². The number of hydrogen-bond donors (Lipinski definition) is 0. The monoisotopic (exact) mass is 529 g/mol. The molecule has 1 saturated heterocycles. The fourth-order valence-corrected chi connectivity index (χ4v) is 4.65. The second kappa shape index (κ2) is 10.1. The first-order valence-electron chi connectivity index (χ1n) is 13.3. The molecule has 1 aromatic heterocycles. The SMILES string of the molecule is CC1(C)OB(c2ccc(F)c(-c3nc(-c4ccccc4)nc(-c4cccc(-c5ccccc5)c4)n3)c2)OC1(C)C. The van der Waals surface area contributed by atoms with Gasteiger partial charge in [-0.25, -0.2) is 19.3 Å².